The molecule has 2 fully saturated rings. The number of thiocarbonyl (C=S) groups is 1. The smallest absolute Gasteiger partial charge is 0.266 e. The molecule has 26 heavy (non-hydrogen) atoms. The minimum atomic E-state index is -0.00718. The van der Waals surface area contributed by atoms with Gasteiger partial charge in [0.15, 0.2) is 0 Å². The van der Waals surface area contributed by atoms with E-state index in [-0.39, 0.29) is 11.8 Å². The molecule has 1 aromatic heterocycles. The van der Waals surface area contributed by atoms with Gasteiger partial charge in [-0.1, -0.05) is 42.9 Å². The van der Waals surface area contributed by atoms with Crippen molar-refractivity contribution in [3.05, 3.63) is 27.3 Å². The second kappa shape index (κ2) is 9.67. The van der Waals surface area contributed by atoms with E-state index in [2.05, 4.69) is 0 Å². The summed E-state index contributed by atoms with van der Waals surface area (Å²) >= 11 is 8.34. The van der Waals surface area contributed by atoms with Gasteiger partial charge in [-0.05, 0) is 43.2 Å². The molecule has 0 radical (unpaired) electrons. The fraction of sp³-hybridized carbons (Fsp3) is 0.526. The fourth-order valence-corrected chi connectivity index (χ4v) is 5.25. The van der Waals surface area contributed by atoms with Crippen molar-refractivity contribution in [2.24, 2.45) is 0 Å². The van der Waals surface area contributed by atoms with E-state index >= 15 is 0 Å². The number of nitrogens with zero attached hydrogens (tertiary/aromatic N) is 2. The molecule has 0 N–H and O–H groups in total. The minimum Gasteiger partial charge on any atom is -0.343 e. The van der Waals surface area contributed by atoms with E-state index in [0.717, 1.165) is 43.6 Å². The predicted octanol–water partition coefficient (Wildman–Crippen LogP) is 4.52. The number of carbonyl (C=O) groups is 2. The van der Waals surface area contributed by atoms with Gasteiger partial charge in [0.25, 0.3) is 5.91 Å². The Labute approximate surface area is 168 Å². The van der Waals surface area contributed by atoms with Crippen molar-refractivity contribution in [2.45, 2.75) is 44.9 Å². The van der Waals surface area contributed by atoms with E-state index in [1.165, 1.54) is 24.6 Å². The molecular weight excluding hydrogens is 384 g/mol. The van der Waals surface area contributed by atoms with Gasteiger partial charge in [-0.25, -0.2) is 0 Å². The molecule has 2 aliphatic rings. The Kier molecular flexibility index (Phi) is 7.28. The molecule has 2 saturated heterocycles. The van der Waals surface area contributed by atoms with Gasteiger partial charge in [-0.2, -0.15) is 0 Å². The van der Waals surface area contributed by atoms with Crippen molar-refractivity contribution in [2.75, 3.05) is 19.6 Å². The van der Waals surface area contributed by atoms with E-state index in [0.29, 0.717) is 22.2 Å². The number of hydrogen-bond donors (Lipinski definition) is 0. The Morgan fingerprint density at radius 3 is 2.65 bits per heavy atom. The molecular formula is C19H24N2O2S3. The average Bonchev–Trinajstić information content (AvgIpc) is 3.11. The maximum atomic E-state index is 12.5. The lowest BCUT2D eigenvalue weighted by Crippen LogP contribution is -2.32. The summed E-state index contributed by atoms with van der Waals surface area (Å²) in [6, 6.07) is 3.96. The topological polar surface area (TPSA) is 40.6 Å². The van der Waals surface area contributed by atoms with Gasteiger partial charge >= 0.3 is 0 Å². The van der Waals surface area contributed by atoms with Gasteiger partial charge in [0.2, 0.25) is 5.91 Å². The molecule has 140 valence electrons. The maximum Gasteiger partial charge on any atom is 0.266 e. The molecule has 0 atom stereocenters. The SMILES string of the molecule is O=C(CCCCN1C(=O)/C(=C\c2cccs2)SC1=S)N1CCCCCC1. The number of unbranched alkanes of at least 4 members (excludes halogenated alkanes) is 1. The van der Waals surface area contributed by atoms with Crippen LogP contribution in [-0.4, -0.2) is 45.6 Å². The van der Waals surface area contributed by atoms with Crippen molar-refractivity contribution in [1.82, 2.24) is 9.80 Å². The fourth-order valence-electron chi connectivity index (χ4n) is 3.22. The monoisotopic (exact) mass is 408 g/mol. The standard InChI is InChI=1S/C19H24N2O2S3/c22-17(20-10-4-1-2-5-11-20)9-3-6-12-21-18(23)16(26-19(21)24)14-15-8-7-13-25-15/h7-8,13-14H,1-6,9-12H2/b16-14+. The number of rotatable bonds is 6. The Balaban J connectivity index is 1.43. The molecule has 2 amide bonds. The van der Waals surface area contributed by atoms with Crippen LogP contribution in [0, 0.1) is 0 Å². The van der Waals surface area contributed by atoms with E-state index in [9.17, 15) is 9.59 Å². The molecule has 0 aromatic carbocycles. The number of amides is 2. The third kappa shape index (κ3) is 5.18. The van der Waals surface area contributed by atoms with Crippen molar-refractivity contribution >= 4 is 57.5 Å². The van der Waals surface area contributed by atoms with Crippen LogP contribution in [0.3, 0.4) is 0 Å². The third-order valence-electron chi connectivity index (χ3n) is 4.67. The Bertz CT molecular complexity index is 677. The average molecular weight is 409 g/mol. The zero-order chi connectivity index (χ0) is 18.4. The minimum absolute atomic E-state index is 0.00718. The molecule has 3 heterocycles. The van der Waals surface area contributed by atoms with Gasteiger partial charge < -0.3 is 4.90 Å². The molecule has 3 rings (SSSR count). The summed E-state index contributed by atoms with van der Waals surface area (Å²) in [6.45, 7) is 2.40. The van der Waals surface area contributed by atoms with Crippen LogP contribution in [0.4, 0.5) is 0 Å². The van der Waals surface area contributed by atoms with E-state index < -0.39 is 0 Å². The lowest BCUT2D eigenvalue weighted by atomic mass is 10.2. The summed E-state index contributed by atoms with van der Waals surface area (Å²) in [5, 5.41) is 1.99. The van der Waals surface area contributed by atoms with Crippen LogP contribution in [0.25, 0.3) is 6.08 Å². The van der Waals surface area contributed by atoms with E-state index in [1.54, 1.807) is 16.2 Å². The van der Waals surface area contributed by atoms with Crippen molar-refractivity contribution in [3.8, 4) is 0 Å². The molecule has 2 aliphatic heterocycles. The van der Waals surface area contributed by atoms with Crippen LogP contribution >= 0.6 is 35.3 Å². The summed E-state index contributed by atoms with van der Waals surface area (Å²) in [7, 11) is 0. The first kappa shape index (κ1) is 19.6. The lowest BCUT2D eigenvalue weighted by molar-refractivity contribution is -0.131. The molecule has 7 heteroatoms. The first-order valence-electron chi connectivity index (χ1n) is 9.22. The van der Waals surface area contributed by atoms with Crippen LogP contribution in [0.5, 0.6) is 0 Å². The lowest BCUT2D eigenvalue weighted by Gasteiger charge is -2.20. The quantitative estimate of drug-likeness (QED) is 0.394. The Morgan fingerprint density at radius 1 is 1.19 bits per heavy atom. The molecule has 4 nitrogen and oxygen atoms in total. The van der Waals surface area contributed by atoms with Crippen LogP contribution < -0.4 is 0 Å². The number of hydrogen-bond acceptors (Lipinski definition) is 5. The number of likely N-dealkylation sites (tertiary alicyclic amines) is 1. The summed E-state index contributed by atoms with van der Waals surface area (Å²) in [5.41, 5.74) is 0. The normalized spacial score (nSPS) is 20.1. The van der Waals surface area contributed by atoms with Gasteiger partial charge in [-0.3, -0.25) is 14.5 Å². The zero-order valence-electron chi connectivity index (χ0n) is 14.8. The van der Waals surface area contributed by atoms with E-state index in [4.69, 9.17) is 12.2 Å². The van der Waals surface area contributed by atoms with Crippen molar-refractivity contribution in [3.63, 3.8) is 0 Å². The van der Waals surface area contributed by atoms with Crippen molar-refractivity contribution in [1.29, 1.82) is 0 Å². The first-order chi connectivity index (χ1) is 12.6. The largest absolute Gasteiger partial charge is 0.343 e. The van der Waals surface area contributed by atoms with Crippen LogP contribution in [0.15, 0.2) is 22.4 Å². The maximum absolute atomic E-state index is 12.5. The molecule has 1 aromatic rings. The number of thioether (sulfide) groups is 1. The van der Waals surface area contributed by atoms with Crippen molar-refractivity contribution < 1.29 is 9.59 Å². The van der Waals surface area contributed by atoms with Gasteiger partial charge in [0, 0.05) is 30.9 Å². The van der Waals surface area contributed by atoms with Crippen LogP contribution in [0.2, 0.25) is 0 Å². The van der Waals surface area contributed by atoms with Crippen LogP contribution in [0.1, 0.15) is 49.8 Å². The highest BCUT2D eigenvalue weighted by Gasteiger charge is 2.31. The number of carbonyl (C=O) groups excluding carboxylic acids is 2. The molecule has 0 unspecified atom stereocenters. The van der Waals surface area contributed by atoms with E-state index in [1.807, 2.05) is 28.5 Å². The molecule has 0 spiro atoms. The Hall–Kier alpha value is -1.18. The summed E-state index contributed by atoms with van der Waals surface area (Å²) in [6.07, 6.45) is 8.80. The summed E-state index contributed by atoms with van der Waals surface area (Å²) in [4.78, 5) is 30.3. The second-order valence-electron chi connectivity index (χ2n) is 6.60. The third-order valence-corrected chi connectivity index (χ3v) is 6.87. The summed E-state index contributed by atoms with van der Waals surface area (Å²) < 4.78 is 0.622. The highest BCUT2D eigenvalue weighted by Crippen LogP contribution is 2.33. The number of thiophene rings is 1. The zero-order valence-corrected chi connectivity index (χ0v) is 17.3. The van der Waals surface area contributed by atoms with Crippen LogP contribution in [-0.2, 0) is 9.59 Å². The highest BCUT2D eigenvalue weighted by molar-refractivity contribution is 8.26. The highest BCUT2D eigenvalue weighted by atomic mass is 32.2. The molecule has 0 bridgehead atoms. The van der Waals surface area contributed by atoms with Gasteiger partial charge in [-0.15, -0.1) is 11.3 Å². The second-order valence-corrected chi connectivity index (χ2v) is 9.26. The van der Waals surface area contributed by atoms with Gasteiger partial charge in [0.1, 0.15) is 4.32 Å². The molecule has 0 saturated carbocycles. The first-order valence-corrected chi connectivity index (χ1v) is 11.3. The predicted molar refractivity (Wildman–Crippen MR) is 113 cm³/mol. The Morgan fingerprint density at radius 2 is 1.96 bits per heavy atom. The molecule has 0 aliphatic carbocycles. The summed E-state index contributed by atoms with van der Waals surface area (Å²) in [5.74, 6) is 0.252. The van der Waals surface area contributed by atoms with Gasteiger partial charge in [0.05, 0.1) is 4.91 Å².